The lowest BCUT2D eigenvalue weighted by Crippen LogP contribution is -2.34. The van der Waals surface area contributed by atoms with Gasteiger partial charge < -0.3 is 5.32 Å². The summed E-state index contributed by atoms with van der Waals surface area (Å²) in [6.07, 6.45) is 1.92. The zero-order chi connectivity index (χ0) is 19.3. The second-order valence-electron chi connectivity index (χ2n) is 6.08. The summed E-state index contributed by atoms with van der Waals surface area (Å²) in [7, 11) is -3.51. The zero-order valence-electron chi connectivity index (χ0n) is 15.1. The largest absolute Gasteiger partial charge is 0.326 e. The summed E-state index contributed by atoms with van der Waals surface area (Å²) in [6, 6.07) is 12.5. The Kier molecular flexibility index (Phi) is 6.67. The Morgan fingerprint density at radius 3 is 2.38 bits per heavy atom. The van der Waals surface area contributed by atoms with E-state index in [1.54, 1.807) is 24.3 Å². The number of para-hydroxylation sites is 1. The van der Waals surface area contributed by atoms with Gasteiger partial charge in [0.1, 0.15) is 0 Å². The van der Waals surface area contributed by atoms with Gasteiger partial charge in [-0.05, 0) is 48.7 Å². The first-order valence-electron chi connectivity index (χ1n) is 8.34. The number of carbonyl (C=O) groups is 1. The number of carbonyl (C=O) groups excluding carboxylic acids is 1. The minimum absolute atomic E-state index is 0.0488. The van der Waals surface area contributed by atoms with Crippen molar-refractivity contribution < 1.29 is 13.2 Å². The predicted molar refractivity (Wildman–Crippen MR) is 107 cm³/mol. The van der Waals surface area contributed by atoms with Crippen LogP contribution in [0.3, 0.4) is 0 Å². The number of sulfonamides is 1. The molecule has 0 fully saturated rings. The van der Waals surface area contributed by atoms with Crippen molar-refractivity contribution in [2.24, 2.45) is 0 Å². The number of amides is 1. The normalized spacial score (nSPS) is 11.2. The molecule has 0 unspecified atom stereocenters. The van der Waals surface area contributed by atoms with E-state index in [-0.39, 0.29) is 18.9 Å². The molecule has 7 heteroatoms. The fourth-order valence-electron chi connectivity index (χ4n) is 2.77. The van der Waals surface area contributed by atoms with Gasteiger partial charge in [-0.2, -0.15) is 0 Å². The van der Waals surface area contributed by atoms with E-state index < -0.39 is 10.0 Å². The lowest BCUT2D eigenvalue weighted by molar-refractivity contribution is -0.116. The summed E-state index contributed by atoms with van der Waals surface area (Å²) in [4.78, 5) is 12.2. The Balaban J connectivity index is 2.17. The van der Waals surface area contributed by atoms with Crippen LogP contribution in [-0.4, -0.2) is 27.1 Å². The summed E-state index contributed by atoms with van der Waals surface area (Å²) in [5, 5.41) is 3.33. The van der Waals surface area contributed by atoms with E-state index in [0.717, 1.165) is 17.4 Å². The molecule has 0 aliphatic carbocycles. The maximum Gasteiger partial charge on any atom is 0.232 e. The van der Waals surface area contributed by atoms with Gasteiger partial charge in [0, 0.05) is 23.7 Å². The Morgan fingerprint density at radius 2 is 1.81 bits per heavy atom. The SMILES string of the molecule is CCc1cccc(C)c1N(CCC(=O)Nc1ccc(Cl)cc1)S(C)(=O)=O. The van der Waals surface area contributed by atoms with Gasteiger partial charge in [-0.3, -0.25) is 9.10 Å². The monoisotopic (exact) mass is 394 g/mol. The maximum absolute atomic E-state index is 12.3. The van der Waals surface area contributed by atoms with Crippen LogP contribution in [0.25, 0.3) is 0 Å². The second-order valence-corrected chi connectivity index (χ2v) is 8.42. The molecule has 0 radical (unpaired) electrons. The van der Waals surface area contributed by atoms with Crippen molar-refractivity contribution in [3.63, 3.8) is 0 Å². The van der Waals surface area contributed by atoms with E-state index in [0.29, 0.717) is 22.8 Å². The summed E-state index contributed by atoms with van der Waals surface area (Å²) in [5.74, 6) is -0.257. The molecule has 26 heavy (non-hydrogen) atoms. The lowest BCUT2D eigenvalue weighted by Gasteiger charge is -2.26. The zero-order valence-corrected chi connectivity index (χ0v) is 16.7. The van der Waals surface area contributed by atoms with Gasteiger partial charge in [0.25, 0.3) is 0 Å². The lowest BCUT2D eigenvalue weighted by atomic mass is 10.1. The molecule has 2 aromatic carbocycles. The van der Waals surface area contributed by atoms with Crippen molar-refractivity contribution in [1.29, 1.82) is 0 Å². The molecule has 0 saturated carbocycles. The van der Waals surface area contributed by atoms with Crippen LogP contribution >= 0.6 is 11.6 Å². The number of rotatable bonds is 7. The molecular weight excluding hydrogens is 372 g/mol. The Hall–Kier alpha value is -2.05. The number of halogens is 1. The topological polar surface area (TPSA) is 66.5 Å². The van der Waals surface area contributed by atoms with Gasteiger partial charge in [0.15, 0.2) is 0 Å². The maximum atomic E-state index is 12.3. The fourth-order valence-corrected chi connectivity index (χ4v) is 3.91. The Bertz CT molecular complexity index is 880. The van der Waals surface area contributed by atoms with Crippen LogP contribution < -0.4 is 9.62 Å². The highest BCUT2D eigenvalue weighted by atomic mass is 35.5. The first kappa shape index (κ1) is 20.3. The Labute approximate surface area is 160 Å². The number of benzene rings is 2. The number of aryl methyl sites for hydroxylation is 2. The van der Waals surface area contributed by atoms with Crippen LogP contribution in [0.4, 0.5) is 11.4 Å². The molecule has 0 heterocycles. The van der Waals surface area contributed by atoms with Crippen molar-refractivity contribution in [1.82, 2.24) is 0 Å². The van der Waals surface area contributed by atoms with E-state index in [4.69, 9.17) is 11.6 Å². The predicted octanol–water partition coefficient (Wildman–Crippen LogP) is 4.01. The van der Waals surface area contributed by atoms with E-state index in [1.165, 1.54) is 4.31 Å². The van der Waals surface area contributed by atoms with Crippen molar-refractivity contribution in [3.05, 3.63) is 58.6 Å². The summed E-state index contributed by atoms with van der Waals surface area (Å²) in [6.45, 7) is 3.93. The third kappa shape index (κ3) is 5.22. The van der Waals surface area contributed by atoms with Gasteiger partial charge in [-0.1, -0.05) is 36.7 Å². The summed E-state index contributed by atoms with van der Waals surface area (Å²) < 4.78 is 26.0. The third-order valence-corrected chi connectivity index (χ3v) is 5.44. The molecule has 0 aliphatic heterocycles. The van der Waals surface area contributed by atoms with Crippen LogP contribution in [0.15, 0.2) is 42.5 Å². The molecule has 2 rings (SSSR count). The second kappa shape index (κ2) is 8.56. The van der Waals surface area contributed by atoms with Gasteiger partial charge in [-0.25, -0.2) is 8.42 Å². The summed E-state index contributed by atoms with van der Waals surface area (Å²) in [5.41, 5.74) is 3.09. The first-order valence-corrected chi connectivity index (χ1v) is 10.6. The van der Waals surface area contributed by atoms with E-state index in [2.05, 4.69) is 5.32 Å². The van der Waals surface area contributed by atoms with Crippen LogP contribution in [0.5, 0.6) is 0 Å². The number of nitrogens with zero attached hydrogens (tertiary/aromatic N) is 1. The quantitative estimate of drug-likeness (QED) is 0.771. The van der Waals surface area contributed by atoms with Crippen LogP contribution in [0, 0.1) is 6.92 Å². The molecule has 5 nitrogen and oxygen atoms in total. The molecule has 0 bridgehead atoms. The van der Waals surface area contributed by atoms with Gasteiger partial charge >= 0.3 is 0 Å². The number of hydrogen-bond donors (Lipinski definition) is 1. The molecular formula is C19H23ClN2O3S. The first-order chi connectivity index (χ1) is 12.2. The molecule has 140 valence electrons. The van der Waals surface area contributed by atoms with Crippen molar-refractivity contribution >= 4 is 38.9 Å². The Morgan fingerprint density at radius 1 is 1.15 bits per heavy atom. The van der Waals surface area contributed by atoms with Gasteiger partial charge in [0.2, 0.25) is 15.9 Å². The van der Waals surface area contributed by atoms with Crippen molar-refractivity contribution in [2.75, 3.05) is 22.4 Å². The molecule has 2 aromatic rings. The molecule has 0 spiro atoms. The highest BCUT2D eigenvalue weighted by Gasteiger charge is 2.22. The molecule has 0 saturated heterocycles. The third-order valence-electron chi connectivity index (χ3n) is 4.02. The number of hydrogen-bond acceptors (Lipinski definition) is 3. The number of anilines is 2. The minimum Gasteiger partial charge on any atom is -0.326 e. The van der Waals surface area contributed by atoms with Crippen LogP contribution in [0.2, 0.25) is 5.02 Å². The molecule has 0 atom stereocenters. The smallest absolute Gasteiger partial charge is 0.232 e. The summed E-state index contributed by atoms with van der Waals surface area (Å²) >= 11 is 5.83. The van der Waals surface area contributed by atoms with E-state index in [1.807, 2.05) is 32.0 Å². The molecule has 0 aromatic heterocycles. The molecule has 1 N–H and O–H groups in total. The van der Waals surface area contributed by atoms with E-state index >= 15 is 0 Å². The van der Waals surface area contributed by atoms with Crippen LogP contribution in [0.1, 0.15) is 24.5 Å². The van der Waals surface area contributed by atoms with E-state index in [9.17, 15) is 13.2 Å². The minimum atomic E-state index is -3.51. The van der Waals surface area contributed by atoms with Gasteiger partial charge in [0.05, 0.1) is 11.9 Å². The number of nitrogens with one attached hydrogen (secondary N) is 1. The van der Waals surface area contributed by atoms with Crippen molar-refractivity contribution in [3.8, 4) is 0 Å². The van der Waals surface area contributed by atoms with Gasteiger partial charge in [-0.15, -0.1) is 0 Å². The highest BCUT2D eigenvalue weighted by molar-refractivity contribution is 7.92. The molecule has 1 amide bonds. The van der Waals surface area contributed by atoms with Crippen LogP contribution in [-0.2, 0) is 21.2 Å². The average Bonchev–Trinajstić information content (AvgIpc) is 2.57. The van der Waals surface area contributed by atoms with Crippen molar-refractivity contribution in [2.45, 2.75) is 26.7 Å². The molecule has 0 aliphatic rings. The highest BCUT2D eigenvalue weighted by Crippen LogP contribution is 2.28. The standard InChI is InChI=1S/C19H23ClN2O3S/c1-4-15-7-5-6-14(2)19(15)22(26(3,24)25)13-12-18(23)21-17-10-8-16(20)9-11-17/h5-11H,4,12-13H2,1-3H3,(H,21,23). The fraction of sp³-hybridized carbons (Fsp3) is 0.316. The average molecular weight is 395 g/mol.